The van der Waals surface area contributed by atoms with Crippen molar-refractivity contribution in [1.82, 2.24) is 9.66 Å². The average molecular weight is 427 g/mol. The third kappa shape index (κ3) is 3.45. The van der Waals surface area contributed by atoms with Crippen LogP contribution in [0.3, 0.4) is 0 Å². The van der Waals surface area contributed by atoms with Gasteiger partial charge in [0, 0.05) is 40.2 Å². The van der Waals surface area contributed by atoms with E-state index in [0.29, 0.717) is 0 Å². The smallest absolute Gasteiger partial charge is 0.205 e. The highest BCUT2D eigenvalue weighted by Gasteiger charge is 2.10. The van der Waals surface area contributed by atoms with E-state index in [2.05, 4.69) is 58.7 Å². The number of hydrogen-bond acceptors (Lipinski definition) is 4. The molecule has 5 nitrogen and oxygen atoms in total. The zero-order chi connectivity index (χ0) is 21.4. The van der Waals surface area contributed by atoms with Crippen LogP contribution in [0.2, 0.25) is 0 Å². The van der Waals surface area contributed by atoms with Crippen LogP contribution in [0.15, 0.2) is 76.1 Å². The summed E-state index contributed by atoms with van der Waals surface area (Å²) in [7, 11) is 3.48. The molecule has 0 aliphatic heterocycles. The Bertz CT molecular complexity index is 1500. The number of thiazole rings is 1. The Morgan fingerprint density at radius 1 is 1.03 bits per heavy atom. The summed E-state index contributed by atoms with van der Waals surface area (Å²) >= 11 is 1.58. The van der Waals surface area contributed by atoms with E-state index >= 15 is 0 Å². The number of nitrogens with one attached hydrogen (secondary N) is 1. The van der Waals surface area contributed by atoms with E-state index < -0.39 is 0 Å². The van der Waals surface area contributed by atoms with Crippen LogP contribution < -0.4 is 9.54 Å². The van der Waals surface area contributed by atoms with Gasteiger partial charge in [-0.3, -0.25) is 4.99 Å². The number of nitrogens with zero attached hydrogens (tertiary/aromatic N) is 3. The number of H-pyrrole nitrogens is 1. The second kappa shape index (κ2) is 7.89. The number of methoxy groups -OCH3 is 1. The summed E-state index contributed by atoms with van der Waals surface area (Å²) < 4.78 is 7.26. The molecule has 0 aliphatic carbocycles. The van der Waals surface area contributed by atoms with Crippen molar-refractivity contribution < 1.29 is 4.74 Å². The highest BCUT2D eigenvalue weighted by atomic mass is 32.1. The number of ether oxygens (including phenoxy) is 1. The molecule has 0 spiro atoms. The number of aromatic nitrogens is 2. The molecular weight excluding hydrogens is 404 g/mol. The molecule has 0 atom stereocenters. The number of fused-ring (bicyclic) bond motifs is 2. The molecule has 0 saturated carbocycles. The van der Waals surface area contributed by atoms with Crippen molar-refractivity contribution in [2.45, 2.75) is 6.92 Å². The topological polar surface area (TPSA) is 54.7 Å². The molecule has 154 valence electrons. The Morgan fingerprint density at radius 2 is 1.84 bits per heavy atom. The Balaban J connectivity index is 1.61. The SMILES string of the molecule is CN=c1scc(-c2ccc3cc(OC)ccc3c2)n1N=Cc1c(C)[nH]c2ccccc12. The van der Waals surface area contributed by atoms with Crippen molar-refractivity contribution in [3.05, 3.63) is 82.1 Å². The van der Waals surface area contributed by atoms with E-state index in [0.717, 1.165) is 54.7 Å². The molecule has 0 unspecified atom stereocenters. The van der Waals surface area contributed by atoms with Crippen LogP contribution in [0.4, 0.5) is 0 Å². The summed E-state index contributed by atoms with van der Waals surface area (Å²) in [6.07, 6.45) is 1.92. The van der Waals surface area contributed by atoms with E-state index in [1.165, 1.54) is 0 Å². The summed E-state index contributed by atoms with van der Waals surface area (Å²) in [5.41, 5.74) is 5.40. The first-order chi connectivity index (χ1) is 15.2. The van der Waals surface area contributed by atoms with Crippen LogP contribution >= 0.6 is 11.3 Å². The standard InChI is InChI=1S/C25H22N4OS/c1-16-22(21-6-4-5-7-23(21)28-16)14-27-29-24(15-31-25(29)26-2)19-9-8-18-13-20(30-3)11-10-17(18)12-19/h4-15,28H,1-3H3. The van der Waals surface area contributed by atoms with Gasteiger partial charge in [0.05, 0.1) is 19.0 Å². The zero-order valence-electron chi connectivity index (χ0n) is 17.6. The maximum Gasteiger partial charge on any atom is 0.205 e. The lowest BCUT2D eigenvalue weighted by Gasteiger charge is -2.07. The summed E-state index contributed by atoms with van der Waals surface area (Å²) in [4.78, 5) is 8.71. The molecule has 3 aromatic carbocycles. The van der Waals surface area contributed by atoms with Gasteiger partial charge >= 0.3 is 0 Å². The van der Waals surface area contributed by atoms with Crippen LogP contribution in [0, 0.1) is 6.92 Å². The molecule has 0 saturated heterocycles. The van der Waals surface area contributed by atoms with E-state index in [9.17, 15) is 0 Å². The first kappa shape index (κ1) is 19.3. The number of aryl methyl sites for hydroxylation is 1. The molecule has 2 heterocycles. The Labute approximate surface area is 184 Å². The minimum absolute atomic E-state index is 0.846. The second-order valence-electron chi connectivity index (χ2n) is 7.32. The predicted octanol–water partition coefficient (Wildman–Crippen LogP) is 5.58. The summed E-state index contributed by atoms with van der Waals surface area (Å²) in [6, 6.07) is 20.8. The average Bonchev–Trinajstić information content (AvgIpc) is 3.36. The fraction of sp³-hybridized carbons (Fsp3) is 0.120. The van der Waals surface area contributed by atoms with Crippen molar-refractivity contribution in [3.8, 4) is 17.0 Å². The molecule has 2 aromatic heterocycles. The number of rotatable bonds is 4. The minimum atomic E-state index is 0.846. The van der Waals surface area contributed by atoms with Gasteiger partial charge in [0.1, 0.15) is 5.75 Å². The minimum Gasteiger partial charge on any atom is -0.497 e. The molecule has 6 heteroatoms. The fourth-order valence-electron chi connectivity index (χ4n) is 3.85. The lowest BCUT2D eigenvalue weighted by atomic mass is 10.1. The Morgan fingerprint density at radius 3 is 2.68 bits per heavy atom. The van der Waals surface area contributed by atoms with Gasteiger partial charge < -0.3 is 9.72 Å². The molecule has 0 fully saturated rings. The third-order valence-corrected chi connectivity index (χ3v) is 6.37. The quantitative estimate of drug-likeness (QED) is 0.375. The van der Waals surface area contributed by atoms with Gasteiger partial charge in [-0.15, -0.1) is 11.3 Å². The first-order valence-corrected chi connectivity index (χ1v) is 10.9. The van der Waals surface area contributed by atoms with Crippen molar-refractivity contribution in [2.24, 2.45) is 10.1 Å². The molecular formula is C25H22N4OS. The summed E-state index contributed by atoms with van der Waals surface area (Å²) in [5.74, 6) is 0.858. The van der Waals surface area contributed by atoms with E-state index in [1.807, 2.05) is 35.2 Å². The van der Waals surface area contributed by atoms with Crippen molar-refractivity contribution in [1.29, 1.82) is 0 Å². The van der Waals surface area contributed by atoms with Crippen LogP contribution in [0.5, 0.6) is 5.75 Å². The van der Waals surface area contributed by atoms with Crippen LogP contribution in [0.1, 0.15) is 11.3 Å². The van der Waals surface area contributed by atoms with Crippen LogP contribution in [-0.2, 0) is 0 Å². The van der Waals surface area contributed by atoms with Crippen molar-refractivity contribution in [2.75, 3.05) is 14.2 Å². The molecule has 0 bridgehead atoms. The maximum absolute atomic E-state index is 5.35. The number of aromatic amines is 1. The number of para-hydroxylation sites is 1. The molecule has 0 radical (unpaired) electrons. The third-order valence-electron chi connectivity index (χ3n) is 5.47. The molecule has 5 rings (SSSR count). The van der Waals surface area contributed by atoms with Crippen molar-refractivity contribution in [3.63, 3.8) is 0 Å². The maximum atomic E-state index is 5.35. The summed E-state index contributed by atoms with van der Waals surface area (Å²) in [6.45, 7) is 2.07. The second-order valence-corrected chi connectivity index (χ2v) is 8.16. The molecule has 0 amide bonds. The molecule has 1 N–H and O–H groups in total. The highest BCUT2D eigenvalue weighted by molar-refractivity contribution is 7.07. The normalized spacial score (nSPS) is 12.4. The largest absolute Gasteiger partial charge is 0.497 e. The number of hydrogen-bond donors (Lipinski definition) is 1. The Kier molecular flexibility index (Phi) is 4.92. The van der Waals surface area contributed by atoms with Gasteiger partial charge in [0.25, 0.3) is 0 Å². The van der Waals surface area contributed by atoms with Gasteiger partial charge in [-0.25, -0.2) is 4.68 Å². The van der Waals surface area contributed by atoms with Gasteiger partial charge in [-0.05, 0) is 42.0 Å². The summed E-state index contributed by atoms with van der Waals surface area (Å²) in [5, 5.41) is 10.4. The lowest BCUT2D eigenvalue weighted by molar-refractivity contribution is 0.415. The van der Waals surface area contributed by atoms with Gasteiger partial charge in [-0.1, -0.05) is 36.4 Å². The van der Waals surface area contributed by atoms with E-state index in [-0.39, 0.29) is 0 Å². The highest BCUT2D eigenvalue weighted by Crippen LogP contribution is 2.28. The number of benzene rings is 3. The zero-order valence-corrected chi connectivity index (χ0v) is 18.4. The van der Waals surface area contributed by atoms with Gasteiger partial charge in [-0.2, -0.15) is 5.10 Å². The van der Waals surface area contributed by atoms with Gasteiger partial charge in [0.2, 0.25) is 4.80 Å². The van der Waals surface area contributed by atoms with E-state index in [1.54, 1.807) is 25.5 Å². The van der Waals surface area contributed by atoms with Crippen LogP contribution in [-0.4, -0.2) is 30.0 Å². The lowest BCUT2D eigenvalue weighted by Crippen LogP contribution is -2.11. The molecule has 31 heavy (non-hydrogen) atoms. The Hall–Kier alpha value is -3.64. The van der Waals surface area contributed by atoms with Gasteiger partial charge in [0.15, 0.2) is 0 Å². The fourth-order valence-corrected chi connectivity index (χ4v) is 4.65. The monoisotopic (exact) mass is 426 g/mol. The van der Waals surface area contributed by atoms with E-state index in [4.69, 9.17) is 9.84 Å². The molecule has 5 aromatic rings. The van der Waals surface area contributed by atoms with Crippen LogP contribution in [0.25, 0.3) is 32.9 Å². The molecule has 0 aliphatic rings. The van der Waals surface area contributed by atoms with Crippen molar-refractivity contribution >= 4 is 39.2 Å². The first-order valence-electron chi connectivity index (χ1n) is 10.0. The predicted molar refractivity (Wildman–Crippen MR) is 129 cm³/mol.